The van der Waals surface area contributed by atoms with Crippen LogP contribution in [0.1, 0.15) is 0 Å². The van der Waals surface area contributed by atoms with E-state index in [2.05, 4.69) is 20.5 Å². The van der Waals surface area contributed by atoms with E-state index < -0.39 is 0 Å². The Hall–Kier alpha value is -3.82. The number of aromatic nitrogens is 4. The maximum absolute atomic E-state index is 12.6. The number of amides is 1. The monoisotopic (exact) mass is 485 g/mol. The zero-order valence-corrected chi connectivity index (χ0v) is 19.8. The standard InChI is InChI=1S/C25H19N5O2S2/c1-32-18-12-13-19-20(14-18)34-24(26-19)27-21(31)15-33-25-28-22(16-8-4-2-5-9-16)23(29-30-25)17-10-6-3-7-11-17/h2-14H,15H2,1H3,(H,26,27,31). The van der Waals surface area contributed by atoms with Gasteiger partial charge in [0.05, 0.1) is 23.1 Å². The Kier molecular flexibility index (Phi) is 6.46. The van der Waals surface area contributed by atoms with Crippen LogP contribution in [0.2, 0.25) is 0 Å². The minimum atomic E-state index is -0.187. The fourth-order valence-corrected chi connectivity index (χ4v) is 4.83. The molecule has 0 aliphatic rings. The maximum Gasteiger partial charge on any atom is 0.236 e. The molecule has 0 radical (unpaired) electrons. The second kappa shape index (κ2) is 9.98. The first-order chi connectivity index (χ1) is 16.7. The summed E-state index contributed by atoms with van der Waals surface area (Å²) < 4.78 is 6.19. The number of benzene rings is 3. The number of ether oxygens (including phenoxy) is 1. The lowest BCUT2D eigenvalue weighted by atomic mass is 10.0. The summed E-state index contributed by atoms with van der Waals surface area (Å²) in [6, 6.07) is 25.3. The number of thiazole rings is 1. The average molecular weight is 486 g/mol. The molecule has 0 unspecified atom stereocenters. The molecule has 0 bridgehead atoms. The first kappa shape index (κ1) is 22.0. The van der Waals surface area contributed by atoms with Crippen LogP contribution in [0.15, 0.2) is 84.0 Å². The molecule has 0 aliphatic heterocycles. The van der Waals surface area contributed by atoms with Gasteiger partial charge in [-0.15, -0.1) is 10.2 Å². The van der Waals surface area contributed by atoms with Gasteiger partial charge < -0.3 is 10.1 Å². The molecular formula is C25H19N5O2S2. The van der Waals surface area contributed by atoms with Crippen LogP contribution in [-0.4, -0.2) is 38.9 Å². The molecule has 9 heteroatoms. The summed E-state index contributed by atoms with van der Waals surface area (Å²) >= 11 is 2.63. The fourth-order valence-electron chi connectivity index (χ4n) is 3.33. The van der Waals surface area contributed by atoms with E-state index in [-0.39, 0.29) is 11.7 Å². The Morgan fingerprint density at radius 3 is 2.32 bits per heavy atom. The van der Waals surface area contributed by atoms with Gasteiger partial charge in [0.1, 0.15) is 17.1 Å². The number of nitrogens with zero attached hydrogens (tertiary/aromatic N) is 4. The lowest BCUT2D eigenvalue weighted by molar-refractivity contribution is -0.113. The van der Waals surface area contributed by atoms with Crippen molar-refractivity contribution < 1.29 is 9.53 Å². The molecule has 0 atom stereocenters. The topological polar surface area (TPSA) is 89.9 Å². The van der Waals surface area contributed by atoms with Gasteiger partial charge in [0.15, 0.2) is 5.13 Å². The number of fused-ring (bicyclic) bond motifs is 1. The third-order valence-electron chi connectivity index (χ3n) is 4.94. The molecular weight excluding hydrogens is 466 g/mol. The zero-order valence-electron chi connectivity index (χ0n) is 18.1. The smallest absolute Gasteiger partial charge is 0.236 e. The van der Waals surface area contributed by atoms with Crippen molar-refractivity contribution in [1.29, 1.82) is 0 Å². The van der Waals surface area contributed by atoms with E-state index >= 15 is 0 Å². The Morgan fingerprint density at radius 1 is 0.912 bits per heavy atom. The number of hydrogen-bond donors (Lipinski definition) is 1. The third kappa shape index (κ3) is 4.90. The maximum atomic E-state index is 12.6. The van der Waals surface area contributed by atoms with Gasteiger partial charge in [-0.25, -0.2) is 9.97 Å². The van der Waals surface area contributed by atoms with E-state index in [9.17, 15) is 4.79 Å². The lowest BCUT2D eigenvalue weighted by Crippen LogP contribution is -2.14. The van der Waals surface area contributed by atoms with Gasteiger partial charge in [0, 0.05) is 11.1 Å². The summed E-state index contributed by atoms with van der Waals surface area (Å²) in [4.78, 5) is 21.8. The SMILES string of the molecule is COc1ccc2nc(NC(=O)CSc3nnc(-c4ccccc4)c(-c4ccccc4)n3)sc2c1. The van der Waals surface area contributed by atoms with Crippen molar-refractivity contribution in [3.8, 4) is 28.3 Å². The Labute approximate surface area is 204 Å². The lowest BCUT2D eigenvalue weighted by Gasteiger charge is -2.09. The molecule has 0 spiro atoms. The highest BCUT2D eigenvalue weighted by molar-refractivity contribution is 7.99. The van der Waals surface area contributed by atoms with Gasteiger partial charge in [-0.2, -0.15) is 0 Å². The number of rotatable bonds is 7. The highest BCUT2D eigenvalue weighted by Gasteiger charge is 2.15. The predicted molar refractivity (Wildman–Crippen MR) is 136 cm³/mol. The van der Waals surface area contributed by atoms with Crippen molar-refractivity contribution in [3.63, 3.8) is 0 Å². The van der Waals surface area contributed by atoms with E-state index in [0.717, 1.165) is 32.8 Å². The van der Waals surface area contributed by atoms with Crippen molar-refractivity contribution in [2.24, 2.45) is 0 Å². The normalized spacial score (nSPS) is 10.9. The van der Waals surface area contributed by atoms with Crippen LogP contribution >= 0.6 is 23.1 Å². The number of carbonyl (C=O) groups excluding carboxylic acids is 1. The molecule has 5 aromatic rings. The van der Waals surface area contributed by atoms with Crippen LogP contribution < -0.4 is 10.1 Å². The second-order valence-electron chi connectivity index (χ2n) is 7.21. The van der Waals surface area contributed by atoms with Gasteiger partial charge in [-0.3, -0.25) is 4.79 Å². The van der Waals surface area contributed by atoms with Gasteiger partial charge in [-0.05, 0) is 18.2 Å². The van der Waals surface area contributed by atoms with Gasteiger partial charge >= 0.3 is 0 Å². The van der Waals surface area contributed by atoms with Crippen LogP contribution in [0.25, 0.3) is 32.7 Å². The van der Waals surface area contributed by atoms with Crippen LogP contribution in [0.3, 0.4) is 0 Å². The summed E-state index contributed by atoms with van der Waals surface area (Å²) in [7, 11) is 1.62. The average Bonchev–Trinajstić information content (AvgIpc) is 3.29. The summed E-state index contributed by atoms with van der Waals surface area (Å²) in [5, 5.41) is 12.5. The van der Waals surface area contributed by atoms with Gasteiger partial charge in [-0.1, -0.05) is 83.8 Å². The number of thioether (sulfide) groups is 1. The van der Waals surface area contributed by atoms with E-state index in [1.165, 1.54) is 23.1 Å². The fraction of sp³-hybridized carbons (Fsp3) is 0.0800. The van der Waals surface area contributed by atoms with Crippen molar-refractivity contribution in [2.75, 3.05) is 18.2 Å². The summed E-state index contributed by atoms with van der Waals surface area (Å²) in [5.41, 5.74) is 4.11. The Balaban J connectivity index is 1.33. The molecule has 0 saturated carbocycles. The molecule has 168 valence electrons. The van der Waals surface area contributed by atoms with Gasteiger partial charge in [0.25, 0.3) is 0 Å². The Morgan fingerprint density at radius 2 is 1.62 bits per heavy atom. The van der Waals surface area contributed by atoms with Crippen molar-refractivity contribution in [2.45, 2.75) is 5.16 Å². The van der Waals surface area contributed by atoms with E-state index in [1.807, 2.05) is 78.9 Å². The number of nitrogens with one attached hydrogen (secondary N) is 1. The summed E-state index contributed by atoms with van der Waals surface area (Å²) in [6.45, 7) is 0. The second-order valence-corrected chi connectivity index (χ2v) is 9.19. The van der Waals surface area contributed by atoms with Crippen molar-refractivity contribution in [3.05, 3.63) is 78.9 Å². The molecule has 7 nitrogen and oxygen atoms in total. The molecule has 0 aliphatic carbocycles. The van der Waals surface area contributed by atoms with Crippen LogP contribution in [0.4, 0.5) is 5.13 Å². The molecule has 1 amide bonds. The minimum absolute atomic E-state index is 0.139. The van der Waals surface area contributed by atoms with Gasteiger partial charge in [0.2, 0.25) is 11.1 Å². The molecule has 2 heterocycles. The van der Waals surface area contributed by atoms with Crippen LogP contribution in [0.5, 0.6) is 5.75 Å². The zero-order chi connectivity index (χ0) is 23.3. The van der Waals surface area contributed by atoms with Crippen LogP contribution in [0, 0.1) is 0 Å². The van der Waals surface area contributed by atoms with E-state index in [0.29, 0.717) is 16.0 Å². The Bertz CT molecular complexity index is 1440. The largest absolute Gasteiger partial charge is 0.497 e. The molecule has 0 fully saturated rings. The quantitative estimate of drug-likeness (QED) is 0.302. The number of carbonyl (C=O) groups is 1. The number of hydrogen-bond acceptors (Lipinski definition) is 8. The molecule has 2 aromatic heterocycles. The summed E-state index contributed by atoms with van der Waals surface area (Å²) in [5.74, 6) is 0.704. The molecule has 0 saturated heterocycles. The van der Waals surface area contributed by atoms with Crippen molar-refractivity contribution >= 4 is 44.4 Å². The minimum Gasteiger partial charge on any atom is -0.497 e. The summed E-state index contributed by atoms with van der Waals surface area (Å²) in [6.07, 6.45) is 0. The number of anilines is 1. The van der Waals surface area contributed by atoms with Crippen molar-refractivity contribution in [1.82, 2.24) is 20.2 Å². The first-order valence-electron chi connectivity index (χ1n) is 10.4. The number of methoxy groups -OCH3 is 1. The molecule has 1 N–H and O–H groups in total. The van der Waals surface area contributed by atoms with Crippen LogP contribution in [-0.2, 0) is 4.79 Å². The van der Waals surface area contributed by atoms with E-state index in [1.54, 1.807) is 7.11 Å². The molecule has 5 rings (SSSR count). The highest BCUT2D eigenvalue weighted by atomic mass is 32.2. The molecule has 3 aromatic carbocycles. The third-order valence-corrected chi connectivity index (χ3v) is 6.71. The molecule has 34 heavy (non-hydrogen) atoms. The van der Waals surface area contributed by atoms with E-state index in [4.69, 9.17) is 9.72 Å². The highest BCUT2D eigenvalue weighted by Crippen LogP contribution is 2.31. The predicted octanol–water partition coefficient (Wildman–Crippen LogP) is 5.55. The first-order valence-corrected chi connectivity index (χ1v) is 12.2.